The van der Waals surface area contributed by atoms with Crippen molar-refractivity contribution in [3.8, 4) is 0 Å². The summed E-state index contributed by atoms with van der Waals surface area (Å²) < 4.78 is 0. The number of β-lactam (4-membered cyclic amide) rings is 1. The number of aliphatic hydroxyl groups is 1. The van der Waals surface area contributed by atoms with Crippen LogP contribution in [0.1, 0.15) is 20.8 Å². The number of hydrogen-bond donors (Lipinski definition) is 1. The maximum absolute atomic E-state index is 12.2. The molecule has 1 N–H and O–H groups in total. The quantitative estimate of drug-likeness (QED) is 0.687. The lowest BCUT2D eigenvalue weighted by molar-refractivity contribution is -0.159. The molecule has 4 heteroatoms. The Kier molecular flexibility index (Phi) is 3.84. The van der Waals surface area contributed by atoms with Crippen molar-refractivity contribution >= 4 is 17.7 Å². The van der Waals surface area contributed by atoms with Gasteiger partial charge in [-0.15, -0.1) is 11.8 Å². The van der Waals surface area contributed by atoms with Gasteiger partial charge in [-0.05, 0) is 31.6 Å². The van der Waals surface area contributed by atoms with Gasteiger partial charge < -0.3 is 10.0 Å². The molecule has 21 heavy (non-hydrogen) atoms. The van der Waals surface area contributed by atoms with E-state index in [1.807, 2.05) is 41.8 Å². The zero-order chi connectivity index (χ0) is 15.1. The molecule has 1 aromatic rings. The van der Waals surface area contributed by atoms with E-state index < -0.39 is 6.10 Å². The molecule has 1 saturated heterocycles. The third-order valence-corrected chi connectivity index (χ3v) is 5.79. The summed E-state index contributed by atoms with van der Waals surface area (Å²) in [6, 6.07) is 10.5. The van der Waals surface area contributed by atoms with E-state index in [9.17, 15) is 9.90 Å². The maximum Gasteiger partial charge on any atom is 0.234 e. The summed E-state index contributed by atoms with van der Waals surface area (Å²) in [6.07, 6.45) is -0.560. The number of fused-ring (bicyclic) bond motifs is 1. The smallest absolute Gasteiger partial charge is 0.234 e. The molecule has 2 aliphatic heterocycles. The number of nitrogens with zero attached hydrogens (tertiary/aromatic N) is 1. The summed E-state index contributed by atoms with van der Waals surface area (Å²) in [5.41, 5.74) is 2.43. The highest BCUT2D eigenvalue weighted by atomic mass is 32.2. The van der Waals surface area contributed by atoms with E-state index in [1.54, 1.807) is 6.92 Å². The van der Waals surface area contributed by atoms with Crippen LogP contribution in [0.2, 0.25) is 0 Å². The summed E-state index contributed by atoms with van der Waals surface area (Å²) >= 11 is 1.81. The fourth-order valence-corrected chi connectivity index (χ4v) is 4.69. The van der Waals surface area contributed by atoms with E-state index in [-0.39, 0.29) is 17.9 Å². The van der Waals surface area contributed by atoms with Crippen molar-refractivity contribution in [1.82, 2.24) is 4.90 Å². The van der Waals surface area contributed by atoms with Gasteiger partial charge in [0.15, 0.2) is 0 Å². The third kappa shape index (κ3) is 2.30. The van der Waals surface area contributed by atoms with Crippen LogP contribution in [0, 0.1) is 11.8 Å². The van der Waals surface area contributed by atoms with E-state index in [1.165, 1.54) is 10.5 Å². The Labute approximate surface area is 130 Å². The number of aliphatic hydroxyl groups excluding tert-OH is 1. The molecular formula is C17H21NO2S. The van der Waals surface area contributed by atoms with E-state index in [0.717, 1.165) is 11.4 Å². The van der Waals surface area contributed by atoms with Crippen molar-refractivity contribution in [3.05, 3.63) is 41.6 Å². The summed E-state index contributed by atoms with van der Waals surface area (Å²) in [4.78, 5) is 15.3. The molecule has 0 spiro atoms. The van der Waals surface area contributed by atoms with Crippen LogP contribution in [0.25, 0.3) is 0 Å². The number of benzene rings is 1. The highest BCUT2D eigenvalue weighted by Gasteiger charge is 2.56. The topological polar surface area (TPSA) is 40.5 Å². The number of hydrogen-bond acceptors (Lipinski definition) is 3. The minimum Gasteiger partial charge on any atom is -0.393 e. The molecule has 4 atom stereocenters. The van der Waals surface area contributed by atoms with Crippen LogP contribution in [0.4, 0.5) is 0 Å². The second kappa shape index (κ2) is 5.50. The molecule has 2 aliphatic rings. The third-order valence-electron chi connectivity index (χ3n) is 4.73. The summed E-state index contributed by atoms with van der Waals surface area (Å²) in [5.74, 6) is 1.09. The zero-order valence-corrected chi connectivity index (χ0v) is 13.4. The molecule has 0 saturated carbocycles. The second-order valence-corrected chi connectivity index (χ2v) is 7.02. The molecule has 0 bridgehead atoms. The van der Waals surface area contributed by atoms with Gasteiger partial charge in [-0.1, -0.05) is 25.1 Å². The van der Waals surface area contributed by atoms with Crippen LogP contribution in [0.3, 0.4) is 0 Å². The largest absolute Gasteiger partial charge is 0.393 e. The van der Waals surface area contributed by atoms with Gasteiger partial charge in [0.2, 0.25) is 5.91 Å². The van der Waals surface area contributed by atoms with Gasteiger partial charge >= 0.3 is 0 Å². The van der Waals surface area contributed by atoms with Crippen molar-refractivity contribution in [3.63, 3.8) is 0 Å². The average molecular weight is 303 g/mol. The molecule has 3 nitrogen and oxygen atoms in total. The summed E-state index contributed by atoms with van der Waals surface area (Å²) in [5, 5.41) is 9.82. The van der Waals surface area contributed by atoms with Crippen LogP contribution >= 0.6 is 11.8 Å². The van der Waals surface area contributed by atoms with Crippen LogP contribution in [0.15, 0.2) is 46.5 Å². The Morgan fingerprint density at radius 2 is 2.00 bits per heavy atom. The number of amides is 1. The Morgan fingerprint density at radius 3 is 2.62 bits per heavy atom. The monoisotopic (exact) mass is 303 g/mol. The van der Waals surface area contributed by atoms with Crippen molar-refractivity contribution in [2.24, 2.45) is 11.8 Å². The van der Waals surface area contributed by atoms with E-state index >= 15 is 0 Å². The lowest BCUT2D eigenvalue weighted by atomic mass is 9.78. The molecule has 1 aromatic carbocycles. The molecule has 0 radical (unpaired) electrons. The second-order valence-electron chi connectivity index (χ2n) is 5.97. The first kappa shape index (κ1) is 14.7. The Morgan fingerprint density at radius 1 is 1.33 bits per heavy atom. The lowest BCUT2D eigenvalue weighted by Crippen LogP contribution is -2.62. The van der Waals surface area contributed by atoms with Crippen molar-refractivity contribution in [1.29, 1.82) is 0 Å². The summed E-state index contributed by atoms with van der Waals surface area (Å²) in [7, 11) is 0. The van der Waals surface area contributed by atoms with Gasteiger partial charge in [-0.2, -0.15) is 0 Å². The first-order valence-electron chi connectivity index (χ1n) is 7.41. The van der Waals surface area contributed by atoms with Crippen LogP contribution in [-0.2, 0) is 4.79 Å². The minimum absolute atomic E-state index is 0.0825. The Bertz CT molecular complexity index is 582. The van der Waals surface area contributed by atoms with Gasteiger partial charge in [0.1, 0.15) is 0 Å². The minimum atomic E-state index is -0.560. The first-order valence-corrected chi connectivity index (χ1v) is 8.39. The standard InChI is InChI=1S/C17H21NO2S/c1-10-14(9-21-13-7-5-4-6-8-13)11(2)18-16(10)15(12(3)19)17(18)20/h4-8,10,12,15-16,19H,9H2,1-3H3. The maximum atomic E-state index is 12.2. The number of rotatable bonds is 4. The summed E-state index contributed by atoms with van der Waals surface area (Å²) in [6.45, 7) is 5.93. The number of thioether (sulfide) groups is 1. The molecule has 2 heterocycles. The molecule has 0 aliphatic carbocycles. The van der Waals surface area contributed by atoms with Crippen LogP contribution in [-0.4, -0.2) is 33.8 Å². The predicted molar refractivity (Wildman–Crippen MR) is 84.8 cm³/mol. The van der Waals surface area contributed by atoms with Crippen molar-refractivity contribution in [2.75, 3.05) is 5.75 Å². The molecule has 3 rings (SSSR count). The number of carbonyl (C=O) groups is 1. The van der Waals surface area contributed by atoms with E-state index in [0.29, 0.717) is 5.92 Å². The van der Waals surface area contributed by atoms with E-state index in [4.69, 9.17) is 0 Å². The fraction of sp³-hybridized carbons (Fsp3) is 0.471. The zero-order valence-electron chi connectivity index (χ0n) is 12.6. The van der Waals surface area contributed by atoms with Crippen LogP contribution < -0.4 is 0 Å². The molecule has 112 valence electrons. The van der Waals surface area contributed by atoms with Crippen LogP contribution in [0.5, 0.6) is 0 Å². The number of carbonyl (C=O) groups excluding carboxylic acids is 1. The SMILES string of the molecule is CC1=C(CSc2ccccc2)C(C)C2C(C(C)O)C(=O)N12. The molecular weight excluding hydrogens is 282 g/mol. The van der Waals surface area contributed by atoms with Gasteiger partial charge in [0.05, 0.1) is 18.1 Å². The van der Waals surface area contributed by atoms with Gasteiger partial charge in [-0.25, -0.2) is 0 Å². The van der Waals surface area contributed by atoms with E-state index in [2.05, 4.69) is 19.1 Å². The average Bonchev–Trinajstić information content (AvgIpc) is 2.65. The molecule has 0 aromatic heterocycles. The molecule has 1 fully saturated rings. The fourth-order valence-electron chi connectivity index (χ4n) is 3.55. The molecule has 1 amide bonds. The van der Waals surface area contributed by atoms with Crippen molar-refractivity contribution < 1.29 is 9.90 Å². The molecule has 4 unspecified atom stereocenters. The van der Waals surface area contributed by atoms with Gasteiger partial charge in [0.25, 0.3) is 0 Å². The Balaban J connectivity index is 1.74. The van der Waals surface area contributed by atoms with Crippen molar-refractivity contribution in [2.45, 2.75) is 37.8 Å². The normalized spacial score (nSPS) is 29.4. The first-order chi connectivity index (χ1) is 10.0. The number of allylic oxidation sites excluding steroid dienone is 1. The lowest BCUT2D eigenvalue weighted by Gasteiger charge is -2.46. The Hall–Kier alpha value is -1.26. The predicted octanol–water partition coefficient (Wildman–Crippen LogP) is 2.91. The van der Waals surface area contributed by atoms with Gasteiger partial charge in [-0.3, -0.25) is 4.79 Å². The highest BCUT2D eigenvalue weighted by molar-refractivity contribution is 7.99. The highest BCUT2D eigenvalue weighted by Crippen LogP contribution is 2.47. The van der Waals surface area contributed by atoms with Gasteiger partial charge in [0, 0.05) is 22.3 Å².